The van der Waals surface area contributed by atoms with E-state index in [1.807, 2.05) is 0 Å². The van der Waals surface area contributed by atoms with E-state index in [1.165, 1.54) is 0 Å². The van der Waals surface area contributed by atoms with Crippen molar-refractivity contribution in [2.45, 2.75) is 12.2 Å². The van der Waals surface area contributed by atoms with Crippen LogP contribution >= 0.6 is 0 Å². The third-order valence-electron chi connectivity index (χ3n) is 1.11. The van der Waals surface area contributed by atoms with Crippen molar-refractivity contribution >= 4 is 37.1 Å². The second-order valence-corrected chi connectivity index (χ2v) is 4.44. The normalized spacial score (nSPS) is 30.7. The van der Waals surface area contributed by atoms with E-state index in [9.17, 15) is 9.59 Å². The Morgan fingerprint density at radius 1 is 1.09 bits per heavy atom. The van der Waals surface area contributed by atoms with Crippen LogP contribution in [0.5, 0.6) is 0 Å². The Hall–Kier alpha value is -0.218. The maximum absolute atomic E-state index is 10.6. The van der Waals surface area contributed by atoms with Crippen molar-refractivity contribution in [1.82, 2.24) is 0 Å². The topological polar surface area (TPSA) is 93.1 Å². The van der Waals surface area contributed by atoms with E-state index in [2.05, 4.69) is 5.37 Å². The molecule has 2 N–H and O–H groups in total. The van der Waals surface area contributed by atoms with Crippen LogP contribution in [-0.2, 0) is 15.0 Å². The fraction of sp³-hybridized carbons (Fsp3) is 0.500. The molecule has 59 valence electrons. The SMILES string of the molecule is O=C1[O][Tl][O]C(=O)C(O)C1O. The van der Waals surface area contributed by atoms with Crippen LogP contribution < -0.4 is 0 Å². The van der Waals surface area contributed by atoms with E-state index in [1.54, 1.807) is 0 Å². The quantitative estimate of drug-likeness (QED) is 0.463. The molecule has 1 fully saturated rings. The van der Waals surface area contributed by atoms with Gasteiger partial charge in [0.25, 0.3) is 0 Å². The molecule has 0 aromatic rings. The van der Waals surface area contributed by atoms with E-state index in [0.29, 0.717) is 0 Å². The van der Waals surface area contributed by atoms with Crippen LogP contribution in [-0.4, -0.2) is 59.5 Å². The molecular weight excluding hydrogens is 348 g/mol. The molecule has 1 aliphatic heterocycles. The fourth-order valence-electron chi connectivity index (χ4n) is 0.516. The summed E-state index contributed by atoms with van der Waals surface area (Å²) in [7, 11) is 0. The first-order chi connectivity index (χ1) is 5.13. The molecule has 1 saturated heterocycles. The first-order valence-corrected chi connectivity index (χ1v) is 6.38. The van der Waals surface area contributed by atoms with Gasteiger partial charge in [0, 0.05) is 0 Å². The minimum atomic E-state index is -2.27. The molecule has 2 atom stereocenters. The van der Waals surface area contributed by atoms with Crippen molar-refractivity contribution in [3.8, 4) is 0 Å². The third kappa shape index (κ3) is 1.87. The van der Waals surface area contributed by atoms with Crippen LogP contribution in [0, 0.1) is 0 Å². The third-order valence-corrected chi connectivity index (χ3v) is 3.66. The van der Waals surface area contributed by atoms with E-state index < -0.39 is 49.3 Å². The fourth-order valence-corrected chi connectivity index (χ4v) is 2.52. The van der Waals surface area contributed by atoms with Crippen molar-refractivity contribution in [1.29, 1.82) is 0 Å². The molecule has 6 nitrogen and oxygen atoms in total. The van der Waals surface area contributed by atoms with Gasteiger partial charge in [-0.25, -0.2) is 0 Å². The zero-order valence-corrected chi connectivity index (χ0v) is 9.75. The summed E-state index contributed by atoms with van der Waals surface area (Å²) in [6, 6.07) is 0. The van der Waals surface area contributed by atoms with Crippen molar-refractivity contribution in [3.63, 3.8) is 0 Å². The number of aliphatic hydroxyl groups is 2. The van der Waals surface area contributed by atoms with E-state index in [4.69, 9.17) is 10.2 Å². The molecule has 1 heterocycles. The van der Waals surface area contributed by atoms with Crippen LogP contribution in [0.1, 0.15) is 0 Å². The number of carbonyl (C=O) groups excluding carboxylic acids is 2. The summed E-state index contributed by atoms with van der Waals surface area (Å²) in [5.74, 6) is -1.95. The summed E-state index contributed by atoms with van der Waals surface area (Å²) in [5, 5.41) is 17.6. The van der Waals surface area contributed by atoms with Gasteiger partial charge in [0.1, 0.15) is 0 Å². The van der Waals surface area contributed by atoms with Gasteiger partial charge >= 0.3 is 74.5 Å². The molecule has 2 unspecified atom stereocenters. The summed E-state index contributed by atoms with van der Waals surface area (Å²) >= 11 is -2.27. The van der Waals surface area contributed by atoms with Crippen molar-refractivity contribution < 1.29 is 25.2 Å². The van der Waals surface area contributed by atoms with Gasteiger partial charge < -0.3 is 0 Å². The van der Waals surface area contributed by atoms with E-state index in [0.717, 1.165) is 0 Å². The maximum atomic E-state index is 10.6. The van der Waals surface area contributed by atoms with Gasteiger partial charge in [-0.2, -0.15) is 0 Å². The van der Waals surface area contributed by atoms with Gasteiger partial charge in [-0.05, 0) is 0 Å². The molecule has 0 amide bonds. The number of aliphatic hydroxyl groups excluding tert-OH is 2. The molecule has 0 spiro atoms. The Morgan fingerprint density at radius 2 is 1.45 bits per heavy atom. The van der Waals surface area contributed by atoms with Crippen molar-refractivity contribution in [2.24, 2.45) is 0 Å². The number of hydrogen-bond donors (Lipinski definition) is 2. The Bertz CT molecular complexity index is 171. The average Bonchev–Trinajstić information content (AvgIpc) is 2.07. The molecule has 0 aromatic carbocycles. The predicted octanol–water partition coefficient (Wildman–Crippen LogP) is -2.66. The molecule has 0 aliphatic carbocycles. The average molecular weight is 352 g/mol. The first-order valence-electron chi connectivity index (χ1n) is 2.71. The zero-order valence-electron chi connectivity index (χ0n) is 5.26. The van der Waals surface area contributed by atoms with E-state index >= 15 is 0 Å². The molecule has 7 heteroatoms. The Morgan fingerprint density at radius 3 is 1.82 bits per heavy atom. The summed E-state index contributed by atoms with van der Waals surface area (Å²) in [6.07, 6.45) is -3.58. The van der Waals surface area contributed by atoms with Crippen LogP contribution in [0.2, 0.25) is 0 Å². The molecule has 0 radical (unpaired) electrons. The van der Waals surface area contributed by atoms with Gasteiger partial charge in [-0.3, -0.25) is 0 Å². The van der Waals surface area contributed by atoms with Crippen molar-refractivity contribution in [2.75, 3.05) is 0 Å². The minimum absolute atomic E-state index is 0.974. The van der Waals surface area contributed by atoms with Crippen LogP contribution in [0.4, 0.5) is 0 Å². The second kappa shape index (κ2) is 3.45. The zero-order chi connectivity index (χ0) is 8.43. The van der Waals surface area contributed by atoms with Crippen LogP contribution in [0.3, 0.4) is 0 Å². The Labute approximate surface area is 74.6 Å². The van der Waals surface area contributed by atoms with Gasteiger partial charge in [-0.1, -0.05) is 0 Å². The molecule has 0 saturated carbocycles. The molecule has 0 aromatic heterocycles. The van der Waals surface area contributed by atoms with Gasteiger partial charge in [0.05, 0.1) is 0 Å². The second-order valence-electron chi connectivity index (χ2n) is 1.86. The summed E-state index contributed by atoms with van der Waals surface area (Å²) < 4.78 is 8.74. The molecule has 0 bridgehead atoms. The summed E-state index contributed by atoms with van der Waals surface area (Å²) in [5.41, 5.74) is 0. The molecule has 1 rings (SSSR count). The number of carbonyl (C=O) groups is 2. The van der Waals surface area contributed by atoms with E-state index in [-0.39, 0.29) is 0 Å². The predicted molar refractivity (Wildman–Crippen MR) is 30.0 cm³/mol. The standard InChI is InChI=1S/C4H6O6.Tl/c5-1(3(7)8)2(6)4(9)10;/h1-2,5-6H,(H,7,8)(H,9,10);/q;+2/p-2. The van der Waals surface area contributed by atoms with Gasteiger partial charge in [0.15, 0.2) is 0 Å². The first kappa shape index (κ1) is 8.87. The van der Waals surface area contributed by atoms with Crippen molar-refractivity contribution in [3.05, 3.63) is 0 Å². The van der Waals surface area contributed by atoms with Gasteiger partial charge in [0.2, 0.25) is 0 Å². The molecule has 11 heavy (non-hydrogen) atoms. The summed E-state index contributed by atoms with van der Waals surface area (Å²) in [4.78, 5) is 21.1. The summed E-state index contributed by atoms with van der Waals surface area (Å²) in [6.45, 7) is 0. The van der Waals surface area contributed by atoms with Crippen LogP contribution in [0.25, 0.3) is 0 Å². The molecular formula is C4H4O6Tl. The number of hydrogen-bond acceptors (Lipinski definition) is 6. The molecule has 1 aliphatic rings. The Kier molecular flexibility index (Phi) is 2.79. The Balaban J connectivity index is 2.73. The monoisotopic (exact) mass is 353 g/mol. The number of rotatable bonds is 0. The van der Waals surface area contributed by atoms with Gasteiger partial charge in [-0.15, -0.1) is 0 Å². The van der Waals surface area contributed by atoms with Crippen LogP contribution in [0.15, 0.2) is 0 Å².